The first-order chi connectivity index (χ1) is 10.7. The summed E-state index contributed by atoms with van der Waals surface area (Å²) in [5.74, 6) is 1.58. The van der Waals surface area contributed by atoms with Gasteiger partial charge in [0.15, 0.2) is 5.82 Å². The molecule has 2 aromatic heterocycles. The van der Waals surface area contributed by atoms with Crippen LogP contribution in [0.25, 0.3) is 21.9 Å². The predicted octanol–water partition coefficient (Wildman–Crippen LogP) is 4.00. The van der Waals surface area contributed by atoms with Crippen molar-refractivity contribution in [3.8, 4) is 0 Å². The predicted molar refractivity (Wildman–Crippen MR) is 93.0 cm³/mol. The second-order valence-corrected chi connectivity index (χ2v) is 5.75. The van der Waals surface area contributed by atoms with E-state index in [0.29, 0.717) is 5.82 Å². The van der Waals surface area contributed by atoms with Crippen LogP contribution in [0.15, 0.2) is 30.9 Å². The van der Waals surface area contributed by atoms with Gasteiger partial charge in [-0.15, -0.1) is 6.58 Å². The summed E-state index contributed by atoms with van der Waals surface area (Å²) in [4.78, 5) is 9.30. The van der Waals surface area contributed by atoms with Crippen molar-refractivity contribution in [1.29, 1.82) is 0 Å². The molecule has 3 rings (SSSR count). The van der Waals surface area contributed by atoms with E-state index in [1.165, 1.54) is 5.56 Å². The third-order valence-corrected chi connectivity index (χ3v) is 4.00. The van der Waals surface area contributed by atoms with Crippen LogP contribution in [0.1, 0.15) is 31.2 Å². The lowest BCUT2D eigenvalue weighted by Gasteiger charge is -2.08. The molecule has 0 aliphatic carbocycles. The smallest absolute Gasteiger partial charge is 0.152 e. The number of imidazole rings is 1. The Balaban J connectivity index is 2.36. The summed E-state index contributed by atoms with van der Waals surface area (Å²) >= 11 is 0. The van der Waals surface area contributed by atoms with Crippen LogP contribution in [0.3, 0.4) is 0 Å². The number of unbranched alkanes of at least 4 members (excludes halogenated alkanes) is 1. The molecule has 0 unspecified atom stereocenters. The average Bonchev–Trinajstić information content (AvgIpc) is 2.85. The van der Waals surface area contributed by atoms with Crippen molar-refractivity contribution in [2.75, 3.05) is 5.73 Å². The molecule has 0 spiro atoms. The number of hydrogen-bond donors (Lipinski definition) is 1. The van der Waals surface area contributed by atoms with Gasteiger partial charge in [-0.2, -0.15) is 0 Å². The van der Waals surface area contributed by atoms with Gasteiger partial charge < -0.3 is 10.3 Å². The Kier molecular flexibility index (Phi) is 3.84. The lowest BCUT2D eigenvalue weighted by atomic mass is 10.1. The Bertz CT molecular complexity index is 845. The molecule has 2 heterocycles. The molecule has 0 fully saturated rings. The van der Waals surface area contributed by atoms with Crippen molar-refractivity contribution >= 4 is 27.8 Å². The van der Waals surface area contributed by atoms with E-state index in [4.69, 9.17) is 10.7 Å². The molecule has 0 saturated carbocycles. The summed E-state index contributed by atoms with van der Waals surface area (Å²) in [6.07, 6.45) is 5.12. The zero-order valence-corrected chi connectivity index (χ0v) is 13.3. The number of nitrogens with two attached hydrogens (primary N) is 1. The molecule has 0 radical (unpaired) electrons. The molecule has 1 aromatic carbocycles. The zero-order valence-electron chi connectivity index (χ0n) is 13.3. The van der Waals surface area contributed by atoms with Crippen LogP contribution in [0.5, 0.6) is 0 Å². The number of pyridine rings is 1. The summed E-state index contributed by atoms with van der Waals surface area (Å²) in [5, 5.41) is 1.10. The zero-order chi connectivity index (χ0) is 15.7. The number of rotatable bonds is 5. The normalized spacial score (nSPS) is 11.4. The van der Waals surface area contributed by atoms with E-state index in [1.807, 2.05) is 6.08 Å². The number of nitrogen functional groups attached to an aromatic ring is 1. The van der Waals surface area contributed by atoms with Crippen molar-refractivity contribution in [1.82, 2.24) is 14.5 Å². The highest BCUT2D eigenvalue weighted by Crippen LogP contribution is 2.29. The van der Waals surface area contributed by atoms with E-state index in [-0.39, 0.29) is 0 Å². The van der Waals surface area contributed by atoms with Crippen LogP contribution in [-0.2, 0) is 13.0 Å². The van der Waals surface area contributed by atoms with Gasteiger partial charge >= 0.3 is 0 Å². The van der Waals surface area contributed by atoms with Gasteiger partial charge in [0, 0.05) is 18.4 Å². The van der Waals surface area contributed by atoms with Gasteiger partial charge in [-0.1, -0.05) is 31.6 Å². The van der Waals surface area contributed by atoms with Crippen molar-refractivity contribution in [2.45, 2.75) is 39.7 Å². The van der Waals surface area contributed by atoms with Crippen molar-refractivity contribution in [3.63, 3.8) is 0 Å². The Labute approximate surface area is 130 Å². The molecule has 22 heavy (non-hydrogen) atoms. The molecule has 0 amide bonds. The summed E-state index contributed by atoms with van der Waals surface area (Å²) in [6, 6.07) is 6.29. The van der Waals surface area contributed by atoms with Gasteiger partial charge in [0.2, 0.25) is 0 Å². The first kappa shape index (κ1) is 14.6. The number of aromatic nitrogens is 3. The largest absolute Gasteiger partial charge is 0.382 e. The van der Waals surface area contributed by atoms with Gasteiger partial charge in [0.1, 0.15) is 11.3 Å². The summed E-state index contributed by atoms with van der Waals surface area (Å²) < 4.78 is 2.23. The van der Waals surface area contributed by atoms with Crippen LogP contribution < -0.4 is 5.73 Å². The molecule has 4 heteroatoms. The van der Waals surface area contributed by atoms with Crippen LogP contribution in [0.2, 0.25) is 0 Å². The van der Waals surface area contributed by atoms with E-state index in [0.717, 1.165) is 53.6 Å². The number of aryl methyl sites for hydroxylation is 2. The second kappa shape index (κ2) is 5.79. The van der Waals surface area contributed by atoms with Crippen LogP contribution >= 0.6 is 0 Å². The monoisotopic (exact) mass is 294 g/mol. The molecule has 114 valence electrons. The van der Waals surface area contributed by atoms with Crippen LogP contribution in [0.4, 0.5) is 5.82 Å². The van der Waals surface area contributed by atoms with E-state index in [9.17, 15) is 0 Å². The molecular weight excluding hydrogens is 272 g/mol. The highest BCUT2D eigenvalue weighted by atomic mass is 15.1. The Morgan fingerprint density at radius 1 is 1.32 bits per heavy atom. The molecule has 0 aliphatic heterocycles. The number of anilines is 1. The third kappa shape index (κ3) is 2.34. The Morgan fingerprint density at radius 2 is 2.14 bits per heavy atom. The van der Waals surface area contributed by atoms with Crippen LogP contribution in [0, 0.1) is 6.92 Å². The minimum absolute atomic E-state index is 0.508. The molecule has 3 aromatic rings. The topological polar surface area (TPSA) is 56.7 Å². The van der Waals surface area contributed by atoms with E-state index >= 15 is 0 Å². The summed E-state index contributed by atoms with van der Waals surface area (Å²) in [6.45, 7) is 8.88. The number of fused-ring (bicyclic) bond motifs is 3. The van der Waals surface area contributed by atoms with E-state index in [2.05, 4.69) is 48.2 Å². The Morgan fingerprint density at radius 3 is 2.86 bits per heavy atom. The molecule has 0 atom stereocenters. The fraction of sp³-hybridized carbons (Fsp3) is 0.333. The number of allylic oxidation sites excluding steroid dienone is 1. The van der Waals surface area contributed by atoms with Gasteiger partial charge in [0.05, 0.1) is 11.0 Å². The van der Waals surface area contributed by atoms with E-state index < -0.39 is 0 Å². The molecule has 0 saturated heterocycles. The minimum Gasteiger partial charge on any atom is -0.382 e. The lowest BCUT2D eigenvalue weighted by Crippen LogP contribution is -2.03. The first-order valence-corrected chi connectivity index (χ1v) is 7.81. The minimum atomic E-state index is 0.508. The summed E-state index contributed by atoms with van der Waals surface area (Å²) in [7, 11) is 0. The maximum absolute atomic E-state index is 6.17. The van der Waals surface area contributed by atoms with E-state index in [1.54, 1.807) is 0 Å². The molecule has 0 aliphatic rings. The highest BCUT2D eigenvalue weighted by Gasteiger charge is 2.16. The van der Waals surface area contributed by atoms with Crippen molar-refractivity contribution in [2.24, 2.45) is 0 Å². The van der Waals surface area contributed by atoms with Gasteiger partial charge in [0.25, 0.3) is 0 Å². The summed E-state index contributed by atoms with van der Waals surface area (Å²) in [5.41, 5.74) is 10.2. The quantitative estimate of drug-likeness (QED) is 0.723. The highest BCUT2D eigenvalue weighted by molar-refractivity contribution is 6.06. The first-order valence-electron chi connectivity index (χ1n) is 7.81. The van der Waals surface area contributed by atoms with Gasteiger partial charge in [-0.05, 0) is 25.0 Å². The average molecular weight is 294 g/mol. The van der Waals surface area contributed by atoms with Crippen molar-refractivity contribution in [3.05, 3.63) is 42.2 Å². The molecule has 2 N–H and O–H groups in total. The van der Waals surface area contributed by atoms with Gasteiger partial charge in [-0.3, -0.25) is 0 Å². The number of hydrogen-bond acceptors (Lipinski definition) is 3. The standard InChI is InChI=1S/C18H22N4/c1-4-6-7-15-21-16-17(22(15)10-5-2)13-9-8-12(3)11-14(13)20-18(16)19/h5,8-9,11H,2,4,6-7,10H2,1,3H3,(H2,19,20). The molecule has 0 bridgehead atoms. The fourth-order valence-corrected chi connectivity index (χ4v) is 2.92. The number of benzene rings is 1. The van der Waals surface area contributed by atoms with Crippen molar-refractivity contribution < 1.29 is 0 Å². The molecular formula is C18H22N4. The fourth-order valence-electron chi connectivity index (χ4n) is 2.92. The third-order valence-electron chi connectivity index (χ3n) is 4.00. The maximum atomic E-state index is 6.17. The van der Waals surface area contributed by atoms with Gasteiger partial charge in [-0.25, -0.2) is 9.97 Å². The Hall–Kier alpha value is -2.36. The maximum Gasteiger partial charge on any atom is 0.152 e. The second-order valence-electron chi connectivity index (χ2n) is 5.75. The number of nitrogens with zero attached hydrogens (tertiary/aromatic N) is 3. The lowest BCUT2D eigenvalue weighted by molar-refractivity contribution is 0.698. The van der Waals surface area contributed by atoms with Crippen LogP contribution in [-0.4, -0.2) is 14.5 Å². The SMILES string of the molecule is C=CCn1c(CCCC)nc2c(N)nc3cc(C)ccc3c21. The molecule has 4 nitrogen and oxygen atoms in total.